The summed E-state index contributed by atoms with van der Waals surface area (Å²) in [6.07, 6.45) is 2.20. The molecule has 1 aliphatic heterocycles. The summed E-state index contributed by atoms with van der Waals surface area (Å²) in [5.74, 6) is 0.146. The van der Waals surface area contributed by atoms with Gasteiger partial charge in [-0.3, -0.25) is 9.69 Å². The highest BCUT2D eigenvalue weighted by Gasteiger charge is 2.22. The van der Waals surface area contributed by atoms with Crippen LogP contribution in [0.25, 0.3) is 0 Å². The summed E-state index contributed by atoms with van der Waals surface area (Å²) in [5.41, 5.74) is 0. The van der Waals surface area contributed by atoms with E-state index in [1.807, 2.05) is 7.05 Å². The molecule has 0 saturated carbocycles. The van der Waals surface area contributed by atoms with Crippen LogP contribution in [0.3, 0.4) is 0 Å². The number of likely N-dealkylation sites (N-methyl/N-ethyl adjacent to an activating group) is 1. The summed E-state index contributed by atoms with van der Waals surface area (Å²) in [4.78, 5) is 13.5. The number of rotatable bonds is 6. The molecular weight excluding hydrogens is 178 g/mol. The van der Waals surface area contributed by atoms with Crippen molar-refractivity contribution in [1.82, 2.24) is 15.5 Å². The summed E-state index contributed by atoms with van der Waals surface area (Å²) in [7, 11) is 2.00. The highest BCUT2D eigenvalue weighted by Crippen LogP contribution is 2.00. The molecule has 1 aliphatic rings. The van der Waals surface area contributed by atoms with Crippen molar-refractivity contribution in [3.63, 3.8) is 0 Å². The largest absolute Gasteiger partial charge is 0.355 e. The van der Waals surface area contributed by atoms with E-state index in [1.54, 1.807) is 0 Å². The minimum atomic E-state index is 0.146. The Morgan fingerprint density at radius 1 is 1.57 bits per heavy atom. The highest BCUT2D eigenvalue weighted by molar-refractivity contribution is 5.77. The maximum atomic E-state index is 11.4. The zero-order valence-corrected chi connectivity index (χ0v) is 9.18. The van der Waals surface area contributed by atoms with Gasteiger partial charge in [-0.05, 0) is 13.5 Å². The Labute approximate surface area is 86.0 Å². The van der Waals surface area contributed by atoms with Crippen molar-refractivity contribution < 1.29 is 4.79 Å². The van der Waals surface area contributed by atoms with Crippen molar-refractivity contribution in [3.05, 3.63) is 0 Å². The topological polar surface area (TPSA) is 44.4 Å². The molecule has 14 heavy (non-hydrogen) atoms. The molecule has 1 amide bonds. The zero-order valence-electron chi connectivity index (χ0n) is 9.18. The zero-order chi connectivity index (χ0) is 10.4. The van der Waals surface area contributed by atoms with Gasteiger partial charge in [-0.15, -0.1) is 0 Å². The van der Waals surface area contributed by atoms with Crippen LogP contribution in [-0.2, 0) is 4.79 Å². The Morgan fingerprint density at radius 3 is 2.79 bits per heavy atom. The first-order chi connectivity index (χ1) is 6.74. The van der Waals surface area contributed by atoms with Crippen molar-refractivity contribution >= 4 is 5.91 Å². The molecule has 1 fully saturated rings. The average molecular weight is 199 g/mol. The van der Waals surface area contributed by atoms with Crippen LogP contribution < -0.4 is 10.6 Å². The number of carbonyl (C=O) groups is 1. The average Bonchev–Trinajstić information content (AvgIpc) is 2.00. The van der Waals surface area contributed by atoms with Crippen molar-refractivity contribution in [1.29, 1.82) is 0 Å². The fraction of sp³-hybridized carbons (Fsp3) is 0.900. The van der Waals surface area contributed by atoms with Crippen LogP contribution >= 0.6 is 0 Å². The van der Waals surface area contributed by atoms with Crippen LogP contribution in [0, 0.1) is 0 Å². The van der Waals surface area contributed by atoms with Crippen LogP contribution in [0.2, 0.25) is 0 Å². The lowest BCUT2D eigenvalue weighted by atomic mass is 10.1. The molecule has 0 aliphatic carbocycles. The molecule has 4 nitrogen and oxygen atoms in total. The maximum Gasteiger partial charge on any atom is 0.234 e. The summed E-state index contributed by atoms with van der Waals surface area (Å²) in [5, 5.41) is 6.11. The molecule has 82 valence electrons. The van der Waals surface area contributed by atoms with E-state index in [2.05, 4.69) is 22.5 Å². The third kappa shape index (κ3) is 3.64. The second kappa shape index (κ2) is 5.98. The fourth-order valence-electron chi connectivity index (χ4n) is 1.40. The van der Waals surface area contributed by atoms with E-state index in [9.17, 15) is 4.79 Å². The Hall–Kier alpha value is -0.610. The molecule has 0 aromatic heterocycles. The maximum absolute atomic E-state index is 11.4. The molecule has 0 aromatic rings. The quantitative estimate of drug-likeness (QED) is 0.583. The number of nitrogens with one attached hydrogen (secondary N) is 2. The van der Waals surface area contributed by atoms with Gasteiger partial charge in [0.15, 0.2) is 0 Å². The molecular formula is C10H21N3O. The third-order valence-corrected chi connectivity index (χ3v) is 2.63. The van der Waals surface area contributed by atoms with E-state index in [0.717, 1.165) is 32.5 Å². The number of hydrogen-bond acceptors (Lipinski definition) is 3. The van der Waals surface area contributed by atoms with E-state index in [4.69, 9.17) is 0 Å². The van der Waals surface area contributed by atoms with Gasteiger partial charge in [0.05, 0.1) is 6.54 Å². The first-order valence-corrected chi connectivity index (χ1v) is 5.41. The normalized spacial score (nSPS) is 16.8. The Kier molecular flexibility index (Phi) is 4.90. The molecule has 1 rings (SSSR count). The van der Waals surface area contributed by atoms with E-state index in [0.29, 0.717) is 12.6 Å². The van der Waals surface area contributed by atoms with E-state index in [1.165, 1.54) is 0 Å². The van der Waals surface area contributed by atoms with Gasteiger partial charge in [-0.25, -0.2) is 0 Å². The van der Waals surface area contributed by atoms with Crippen molar-refractivity contribution in [3.8, 4) is 0 Å². The van der Waals surface area contributed by atoms with Crippen LogP contribution in [0.1, 0.15) is 19.8 Å². The third-order valence-electron chi connectivity index (χ3n) is 2.63. The lowest BCUT2D eigenvalue weighted by Crippen LogP contribution is -2.57. The summed E-state index contributed by atoms with van der Waals surface area (Å²) < 4.78 is 0. The second-order valence-electron chi connectivity index (χ2n) is 3.93. The van der Waals surface area contributed by atoms with Gasteiger partial charge in [0.2, 0.25) is 5.91 Å². The summed E-state index contributed by atoms with van der Waals surface area (Å²) in [6, 6.07) is 0.548. The van der Waals surface area contributed by atoms with Gasteiger partial charge in [0, 0.05) is 25.7 Å². The highest BCUT2D eigenvalue weighted by atomic mass is 16.2. The standard InChI is InChI=1S/C10H21N3O/c1-3-4-5-12-10(14)8-13(2)9-6-11-7-9/h9,11H,3-8H2,1-2H3,(H,12,14). The number of carbonyl (C=O) groups excluding carboxylic acids is 1. The van der Waals surface area contributed by atoms with Gasteiger partial charge in [0.1, 0.15) is 0 Å². The van der Waals surface area contributed by atoms with Crippen molar-refractivity contribution in [2.75, 3.05) is 33.2 Å². The number of nitrogens with zero attached hydrogens (tertiary/aromatic N) is 1. The van der Waals surface area contributed by atoms with Gasteiger partial charge in [-0.2, -0.15) is 0 Å². The van der Waals surface area contributed by atoms with Crippen LogP contribution in [0.4, 0.5) is 0 Å². The number of unbranched alkanes of at least 4 members (excludes halogenated alkanes) is 1. The van der Waals surface area contributed by atoms with Crippen LogP contribution in [0.5, 0.6) is 0 Å². The molecule has 0 unspecified atom stereocenters. The molecule has 0 radical (unpaired) electrons. The minimum Gasteiger partial charge on any atom is -0.355 e. The Balaban J connectivity index is 2.06. The molecule has 0 atom stereocenters. The lowest BCUT2D eigenvalue weighted by Gasteiger charge is -2.35. The first-order valence-electron chi connectivity index (χ1n) is 5.41. The predicted molar refractivity (Wildman–Crippen MR) is 57.2 cm³/mol. The van der Waals surface area contributed by atoms with Crippen LogP contribution in [-0.4, -0.2) is 50.1 Å². The van der Waals surface area contributed by atoms with Gasteiger partial charge in [-0.1, -0.05) is 13.3 Å². The molecule has 1 heterocycles. The van der Waals surface area contributed by atoms with Crippen molar-refractivity contribution in [2.45, 2.75) is 25.8 Å². The lowest BCUT2D eigenvalue weighted by molar-refractivity contribution is -0.122. The molecule has 0 spiro atoms. The van der Waals surface area contributed by atoms with Gasteiger partial charge < -0.3 is 10.6 Å². The Morgan fingerprint density at radius 2 is 2.29 bits per heavy atom. The smallest absolute Gasteiger partial charge is 0.234 e. The molecule has 4 heteroatoms. The molecule has 1 saturated heterocycles. The second-order valence-corrected chi connectivity index (χ2v) is 3.93. The molecule has 2 N–H and O–H groups in total. The number of hydrogen-bond donors (Lipinski definition) is 2. The predicted octanol–water partition coefficient (Wildman–Crippen LogP) is -0.194. The van der Waals surface area contributed by atoms with E-state index < -0.39 is 0 Å². The van der Waals surface area contributed by atoms with Gasteiger partial charge >= 0.3 is 0 Å². The summed E-state index contributed by atoms with van der Waals surface area (Å²) >= 11 is 0. The first kappa shape index (κ1) is 11.5. The van der Waals surface area contributed by atoms with E-state index in [-0.39, 0.29) is 5.91 Å². The molecule has 0 bridgehead atoms. The SMILES string of the molecule is CCCCNC(=O)CN(C)C1CNC1. The van der Waals surface area contributed by atoms with Crippen LogP contribution in [0.15, 0.2) is 0 Å². The monoisotopic (exact) mass is 199 g/mol. The van der Waals surface area contributed by atoms with Crippen molar-refractivity contribution in [2.24, 2.45) is 0 Å². The Bertz CT molecular complexity index is 180. The van der Waals surface area contributed by atoms with Gasteiger partial charge in [0.25, 0.3) is 0 Å². The fourth-order valence-corrected chi connectivity index (χ4v) is 1.40. The minimum absolute atomic E-state index is 0.146. The van der Waals surface area contributed by atoms with E-state index >= 15 is 0 Å². The molecule has 0 aromatic carbocycles. The number of amides is 1. The summed E-state index contributed by atoms with van der Waals surface area (Å²) in [6.45, 7) is 5.48.